The molecule has 60 valence electrons. The van der Waals surface area contributed by atoms with Crippen LogP contribution in [0.2, 0.25) is 0 Å². The first-order chi connectivity index (χ1) is 4.42. The number of hydrogen-bond acceptors (Lipinski definition) is 0. The predicted molar refractivity (Wildman–Crippen MR) is 39.2 cm³/mol. The van der Waals surface area contributed by atoms with E-state index in [0.717, 1.165) is 6.92 Å². The highest BCUT2D eigenvalue weighted by atomic mass is 19.3. The molecule has 0 saturated carbocycles. The molecule has 0 aromatic carbocycles. The molecule has 0 nitrogen and oxygen atoms in total. The van der Waals surface area contributed by atoms with Gasteiger partial charge in [-0.05, 0) is 12.8 Å². The third kappa shape index (κ3) is 7.60. The van der Waals surface area contributed by atoms with E-state index >= 15 is 0 Å². The Kier molecular flexibility index (Phi) is 3.54. The molecule has 0 rings (SSSR count). The highest BCUT2D eigenvalue weighted by Gasteiger charge is 2.17. The summed E-state index contributed by atoms with van der Waals surface area (Å²) in [7, 11) is 0. The lowest BCUT2D eigenvalue weighted by molar-refractivity contribution is 0.0254. The molecule has 0 aliphatic carbocycles. The molecular weight excluding hydrogens is 134 g/mol. The van der Waals surface area contributed by atoms with Crippen molar-refractivity contribution in [3.63, 3.8) is 0 Å². The van der Waals surface area contributed by atoms with Crippen molar-refractivity contribution in [3.8, 4) is 0 Å². The average Bonchev–Trinajstić information content (AvgIpc) is 1.59. The van der Waals surface area contributed by atoms with Crippen molar-refractivity contribution in [2.24, 2.45) is 5.92 Å². The summed E-state index contributed by atoms with van der Waals surface area (Å²) < 4.78 is 24.2. The second-order valence-electron chi connectivity index (χ2n) is 2.95. The van der Waals surface area contributed by atoms with Crippen molar-refractivity contribution >= 4 is 0 Å². The summed E-state index contributed by atoms with van der Waals surface area (Å²) in [5.74, 6) is -2.19. The van der Waals surface area contributed by atoms with Gasteiger partial charge in [0, 0.05) is 6.42 Å². The maximum absolute atomic E-state index is 12.1. The molecule has 10 heavy (non-hydrogen) atoms. The predicted octanol–water partition coefficient (Wildman–Crippen LogP) is 3.24. The van der Waals surface area contributed by atoms with E-state index in [-0.39, 0.29) is 6.42 Å². The standard InChI is InChI=1S/C8H14F2/c1-7(2)5-4-6-8(3,9)10/h4-5,7H,6H2,1-3H3/b5-4+. The van der Waals surface area contributed by atoms with Gasteiger partial charge < -0.3 is 0 Å². The molecule has 2 heteroatoms. The Morgan fingerprint density at radius 1 is 1.40 bits per heavy atom. The normalized spacial score (nSPS) is 13.4. The molecule has 0 N–H and O–H groups in total. The van der Waals surface area contributed by atoms with Gasteiger partial charge in [0.2, 0.25) is 5.92 Å². The minimum absolute atomic E-state index is 0.148. The fraction of sp³-hybridized carbons (Fsp3) is 0.750. The summed E-state index contributed by atoms with van der Waals surface area (Å²) in [4.78, 5) is 0. The van der Waals surface area contributed by atoms with Crippen molar-refractivity contribution in [2.75, 3.05) is 0 Å². The topological polar surface area (TPSA) is 0 Å². The Balaban J connectivity index is 3.54. The van der Waals surface area contributed by atoms with Crippen LogP contribution >= 0.6 is 0 Å². The molecule has 0 amide bonds. The molecular formula is C8H14F2. The number of hydrogen-bond donors (Lipinski definition) is 0. The molecule has 0 saturated heterocycles. The molecule has 0 atom stereocenters. The molecule has 0 aromatic heterocycles. The molecule has 0 bridgehead atoms. The largest absolute Gasteiger partial charge is 0.248 e. The highest BCUT2D eigenvalue weighted by molar-refractivity contribution is 4.87. The van der Waals surface area contributed by atoms with Crippen molar-refractivity contribution in [1.29, 1.82) is 0 Å². The van der Waals surface area contributed by atoms with Gasteiger partial charge in [0.05, 0.1) is 0 Å². The van der Waals surface area contributed by atoms with E-state index in [2.05, 4.69) is 0 Å². The van der Waals surface area contributed by atoms with Gasteiger partial charge in [0.15, 0.2) is 0 Å². The van der Waals surface area contributed by atoms with Gasteiger partial charge in [-0.15, -0.1) is 0 Å². The Morgan fingerprint density at radius 2 is 1.90 bits per heavy atom. The first-order valence-corrected chi connectivity index (χ1v) is 3.46. The summed E-state index contributed by atoms with van der Waals surface area (Å²) in [5.41, 5.74) is 0. The third-order valence-corrected chi connectivity index (χ3v) is 0.997. The van der Waals surface area contributed by atoms with Crippen molar-refractivity contribution in [2.45, 2.75) is 33.1 Å². The smallest absolute Gasteiger partial charge is 0.207 e. The third-order valence-electron chi connectivity index (χ3n) is 0.997. The molecule has 0 heterocycles. The van der Waals surface area contributed by atoms with E-state index in [1.54, 1.807) is 6.08 Å². The Labute approximate surface area is 60.9 Å². The van der Waals surface area contributed by atoms with Crippen molar-refractivity contribution in [3.05, 3.63) is 12.2 Å². The number of rotatable bonds is 3. The lowest BCUT2D eigenvalue weighted by Gasteiger charge is -2.05. The van der Waals surface area contributed by atoms with Gasteiger partial charge in [-0.2, -0.15) is 0 Å². The van der Waals surface area contributed by atoms with Crippen LogP contribution in [0, 0.1) is 5.92 Å². The van der Waals surface area contributed by atoms with Crippen molar-refractivity contribution in [1.82, 2.24) is 0 Å². The van der Waals surface area contributed by atoms with Crippen LogP contribution in [0.1, 0.15) is 27.2 Å². The van der Waals surface area contributed by atoms with Crippen LogP contribution in [0.4, 0.5) is 8.78 Å². The Morgan fingerprint density at radius 3 is 2.20 bits per heavy atom. The molecule has 0 aliphatic heterocycles. The van der Waals surface area contributed by atoms with Gasteiger partial charge in [-0.3, -0.25) is 0 Å². The maximum Gasteiger partial charge on any atom is 0.248 e. The van der Waals surface area contributed by atoms with Crippen molar-refractivity contribution < 1.29 is 8.78 Å². The second-order valence-corrected chi connectivity index (χ2v) is 2.95. The molecule has 0 aliphatic rings. The molecule has 0 spiro atoms. The van der Waals surface area contributed by atoms with Gasteiger partial charge in [-0.25, -0.2) is 8.78 Å². The fourth-order valence-corrected chi connectivity index (χ4v) is 0.547. The van der Waals surface area contributed by atoms with Crippen LogP contribution in [0.25, 0.3) is 0 Å². The van der Waals surface area contributed by atoms with Crippen LogP contribution in [-0.4, -0.2) is 5.92 Å². The van der Waals surface area contributed by atoms with Crippen LogP contribution in [-0.2, 0) is 0 Å². The monoisotopic (exact) mass is 148 g/mol. The van der Waals surface area contributed by atoms with Gasteiger partial charge in [0.1, 0.15) is 0 Å². The molecule has 0 aromatic rings. The minimum Gasteiger partial charge on any atom is -0.207 e. The zero-order valence-electron chi connectivity index (χ0n) is 6.70. The maximum atomic E-state index is 12.1. The average molecular weight is 148 g/mol. The molecule has 0 unspecified atom stereocenters. The summed E-state index contributed by atoms with van der Waals surface area (Å²) in [6.07, 6.45) is 3.17. The highest BCUT2D eigenvalue weighted by Crippen LogP contribution is 2.17. The van der Waals surface area contributed by atoms with Crippen LogP contribution in [0.5, 0.6) is 0 Å². The fourth-order valence-electron chi connectivity index (χ4n) is 0.547. The second kappa shape index (κ2) is 3.69. The van der Waals surface area contributed by atoms with Gasteiger partial charge in [0.25, 0.3) is 0 Å². The van der Waals surface area contributed by atoms with Crippen LogP contribution in [0.15, 0.2) is 12.2 Å². The van der Waals surface area contributed by atoms with Gasteiger partial charge in [-0.1, -0.05) is 26.0 Å². The summed E-state index contributed by atoms with van der Waals surface area (Å²) >= 11 is 0. The Bertz CT molecular complexity index is 109. The van der Waals surface area contributed by atoms with E-state index in [0.29, 0.717) is 5.92 Å². The number of alkyl halides is 2. The molecule has 0 fully saturated rings. The zero-order valence-corrected chi connectivity index (χ0v) is 6.70. The summed E-state index contributed by atoms with van der Waals surface area (Å²) in [6, 6.07) is 0. The number of allylic oxidation sites excluding steroid dienone is 2. The van der Waals surface area contributed by atoms with E-state index < -0.39 is 5.92 Å². The lowest BCUT2D eigenvalue weighted by Crippen LogP contribution is -2.06. The Hall–Kier alpha value is -0.400. The first kappa shape index (κ1) is 9.60. The van der Waals surface area contributed by atoms with E-state index in [1.807, 2.05) is 13.8 Å². The van der Waals surface area contributed by atoms with Crippen LogP contribution < -0.4 is 0 Å². The first-order valence-electron chi connectivity index (χ1n) is 3.46. The zero-order chi connectivity index (χ0) is 8.20. The minimum atomic E-state index is -2.55. The molecule has 0 radical (unpaired) electrons. The summed E-state index contributed by atoms with van der Waals surface area (Å²) in [6.45, 7) is 4.85. The number of halogens is 2. The van der Waals surface area contributed by atoms with Gasteiger partial charge >= 0.3 is 0 Å². The van der Waals surface area contributed by atoms with E-state index in [1.165, 1.54) is 6.08 Å². The SMILES string of the molecule is CC(C)/C=C/CC(C)(F)F. The quantitative estimate of drug-likeness (QED) is 0.539. The van der Waals surface area contributed by atoms with E-state index in [9.17, 15) is 8.78 Å². The van der Waals surface area contributed by atoms with E-state index in [4.69, 9.17) is 0 Å². The summed E-state index contributed by atoms with van der Waals surface area (Å²) in [5, 5.41) is 0. The lowest BCUT2D eigenvalue weighted by atomic mass is 10.1. The van der Waals surface area contributed by atoms with Crippen LogP contribution in [0.3, 0.4) is 0 Å².